The van der Waals surface area contributed by atoms with Crippen LogP contribution in [0.3, 0.4) is 0 Å². The number of alkyl halides is 3. The summed E-state index contributed by atoms with van der Waals surface area (Å²) in [5.41, 5.74) is -1.72. The molecule has 240 valence electrons. The van der Waals surface area contributed by atoms with Crippen molar-refractivity contribution in [3.05, 3.63) is 35.6 Å². The fourth-order valence-corrected chi connectivity index (χ4v) is 6.45. The smallest absolute Gasteiger partial charge is 0.426 e. The Morgan fingerprint density at radius 3 is 2.36 bits per heavy atom. The van der Waals surface area contributed by atoms with E-state index in [4.69, 9.17) is 24.1 Å². The largest absolute Gasteiger partial charge is 0.452 e. The number of halogens is 3. The highest BCUT2D eigenvalue weighted by Gasteiger charge is 2.81. The van der Waals surface area contributed by atoms with Gasteiger partial charge in [0.1, 0.15) is 11.4 Å². The number of nitrogens with zero attached hydrogens (tertiary/aromatic N) is 2. The molecule has 3 fully saturated rings. The molecule has 14 heteroatoms. The van der Waals surface area contributed by atoms with E-state index in [2.05, 4.69) is 9.68 Å². The van der Waals surface area contributed by atoms with Gasteiger partial charge < -0.3 is 18.8 Å². The van der Waals surface area contributed by atoms with Crippen molar-refractivity contribution in [1.29, 1.82) is 0 Å². The van der Waals surface area contributed by atoms with Crippen molar-refractivity contribution < 1.29 is 56.2 Å². The Kier molecular flexibility index (Phi) is 7.87. The first-order valence-corrected chi connectivity index (χ1v) is 14.3. The van der Waals surface area contributed by atoms with Crippen molar-refractivity contribution in [3.8, 4) is 17.0 Å². The minimum absolute atomic E-state index is 0.0383. The van der Waals surface area contributed by atoms with Gasteiger partial charge in [0.05, 0.1) is 12.6 Å². The van der Waals surface area contributed by atoms with Crippen LogP contribution < -0.4 is 4.74 Å². The average molecular weight is 625 g/mol. The average Bonchev–Trinajstić information content (AvgIpc) is 3.54. The Morgan fingerprint density at radius 2 is 1.80 bits per heavy atom. The van der Waals surface area contributed by atoms with Crippen LogP contribution in [0.1, 0.15) is 85.0 Å². The summed E-state index contributed by atoms with van der Waals surface area (Å²) in [5.74, 6) is -4.56. The summed E-state index contributed by atoms with van der Waals surface area (Å²) in [6, 6.07) is 4.97. The number of carbonyl (C=O) groups excluding carboxylic acids is 3. The lowest BCUT2D eigenvalue weighted by Gasteiger charge is -2.61. The van der Waals surface area contributed by atoms with E-state index < -0.39 is 46.1 Å². The zero-order chi connectivity index (χ0) is 32.3. The van der Waals surface area contributed by atoms with Gasteiger partial charge in [-0.2, -0.15) is 23.1 Å². The number of aromatic nitrogens is 1. The molecular weight excluding hydrogens is 589 g/mol. The van der Waals surface area contributed by atoms with Gasteiger partial charge in [-0.1, -0.05) is 45.8 Å². The molecule has 1 amide bonds. The van der Waals surface area contributed by atoms with Crippen molar-refractivity contribution in [2.24, 2.45) is 10.8 Å². The molecule has 3 aliphatic rings. The highest BCUT2D eigenvalue weighted by molar-refractivity contribution is 5.81. The van der Waals surface area contributed by atoms with Crippen LogP contribution in [0, 0.1) is 10.8 Å². The zero-order valence-corrected chi connectivity index (χ0v) is 25.3. The van der Waals surface area contributed by atoms with Crippen molar-refractivity contribution in [1.82, 2.24) is 10.2 Å². The lowest BCUT2D eigenvalue weighted by molar-refractivity contribution is -0.626. The normalized spacial score (nSPS) is 26.3. The second-order valence-corrected chi connectivity index (χ2v) is 13.1. The molecule has 0 bridgehead atoms. The molecule has 0 aliphatic carbocycles. The van der Waals surface area contributed by atoms with Crippen LogP contribution in [0.15, 0.2) is 28.8 Å². The molecule has 0 radical (unpaired) electrons. The van der Waals surface area contributed by atoms with Crippen molar-refractivity contribution in [3.63, 3.8) is 0 Å². The molecule has 1 aromatic carbocycles. The van der Waals surface area contributed by atoms with E-state index in [0.29, 0.717) is 18.1 Å². The minimum atomic E-state index is -4.78. The first kappa shape index (κ1) is 31.9. The standard InChI is InChI=1S/C30H35F3N2O9/c1-17-10-13-23(36)35(17)42-25(38)9-7-8-24(37)40-21-14-18(11-12-19(21)20-15-22(41-34-20)29(31,32)33)28-30(44-43-28,26(2,3)4)27(5,6)16-39-28/h11-12,14-15,17H,7-10,13,16H2,1-6H3. The number of esters is 1. The van der Waals surface area contributed by atoms with Crippen molar-refractivity contribution in [2.75, 3.05) is 6.61 Å². The van der Waals surface area contributed by atoms with Crippen molar-refractivity contribution >= 4 is 17.8 Å². The Bertz CT molecular complexity index is 1460. The quantitative estimate of drug-likeness (QED) is 0.200. The molecular formula is C30H35F3N2O9. The van der Waals surface area contributed by atoms with Gasteiger partial charge in [0.15, 0.2) is 5.60 Å². The topological polar surface area (TPSA) is 127 Å². The van der Waals surface area contributed by atoms with E-state index >= 15 is 0 Å². The summed E-state index contributed by atoms with van der Waals surface area (Å²) in [5, 5.41) is 4.59. The third kappa shape index (κ3) is 5.16. The van der Waals surface area contributed by atoms with Gasteiger partial charge in [-0.25, -0.2) is 9.68 Å². The fourth-order valence-electron chi connectivity index (χ4n) is 6.45. The van der Waals surface area contributed by atoms with Crippen LogP contribution in [0.5, 0.6) is 5.75 Å². The Morgan fingerprint density at radius 1 is 1.09 bits per heavy atom. The number of hydroxylamine groups is 2. The summed E-state index contributed by atoms with van der Waals surface area (Å²) < 4.78 is 56.2. The molecule has 1 aromatic heterocycles. The van der Waals surface area contributed by atoms with Gasteiger partial charge >= 0.3 is 18.1 Å². The van der Waals surface area contributed by atoms with E-state index in [1.807, 2.05) is 34.6 Å². The Hall–Kier alpha value is -3.49. The molecule has 0 N–H and O–H groups in total. The molecule has 3 atom stereocenters. The second-order valence-electron chi connectivity index (χ2n) is 13.1. The summed E-state index contributed by atoms with van der Waals surface area (Å²) in [4.78, 5) is 53.7. The number of amides is 1. The fraction of sp³-hybridized carbons (Fsp3) is 0.600. The number of rotatable bonds is 8. The van der Waals surface area contributed by atoms with Gasteiger partial charge in [-0.3, -0.25) is 9.59 Å². The van der Waals surface area contributed by atoms with Crippen LogP contribution in [0.4, 0.5) is 13.2 Å². The van der Waals surface area contributed by atoms with Crippen LogP contribution >= 0.6 is 0 Å². The lowest BCUT2D eigenvalue weighted by Crippen LogP contribution is -2.73. The molecule has 0 saturated carbocycles. The summed E-state index contributed by atoms with van der Waals surface area (Å²) in [7, 11) is 0. The van der Waals surface area contributed by atoms with Gasteiger partial charge in [0.25, 0.3) is 11.7 Å². The lowest BCUT2D eigenvalue weighted by atomic mass is 9.57. The third-order valence-electron chi connectivity index (χ3n) is 8.43. The molecule has 3 aliphatic heterocycles. The first-order chi connectivity index (χ1) is 20.4. The molecule has 3 saturated heterocycles. The predicted molar refractivity (Wildman–Crippen MR) is 144 cm³/mol. The van der Waals surface area contributed by atoms with Gasteiger partial charge in [0.2, 0.25) is 5.76 Å². The van der Waals surface area contributed by atoms with Gasteiger partial charge in [-0.15, -0.1) is 0 Å². The van der Waals surface area contributed by atoms with Crippen LogP contribution in [0.2, 0.25) is 0 Å². The molecule has 11 nitrogen and oxygen atoms in total. The molecule has 44 heavy (non-hydrogen) atoms. The van der Waals surface area contributed by atoms with E-state index in [1.54, 1.807) is 13.0 Å². The number of carbonyl (C=O) groups is 3. The maximum atomic E-state index is 13.3. The SMILES string of the molecule is CC1CCC(=O)N1OC(=O)CCCC(=O)Oc1cc(C23OCC(C)(C)C2(C(C)(C)C)OO3)ccc1-c1cc(C(F)(F)F)on1. The zero-order valence-electron chi connectivity index (χ0n) is 25.3. The summed E-state index contributed by atoms with van der Waals surface area (Å²) in [6.45, 7) is 11.9. The maximum absolute atomic E-state index is 13.3. The number of fused-ring (bicyclic) bond motifs is 1. The monoisotopic (exact) mass is 624 g/mol. The Balaban J connectivity index is 1.40. The third-order valence-corrected chi connectivity index (χ3v) is 8.43. The predicted octanol–water partition coefficient (Wildman–Crippen LogP) is 5.86. The minimum Gasteiger partial charge on any atom is -0.426 e. The maximum Gasteiger partial charge on any atom is 0.452 e. The second kappa shape index (κ2) is 10.8. The molecule has 3 unspecified atom stereocenters. The van der Waals surface area contributed by atoms with E-state index in [0.717, 1.165) is 5.06 Å². The van der Waals surface area contributed by atoms with E-state index in [1.165, 1.54) is 12.1 Å². The highest BCUT2D eigenvalue weighted by atomic mass is 19.4. The van der Waals surface area contributed by atoms with E-state index in [9.17, 15) is 27.6 Å². The molecule has 0 spiro atoms. The number of hydrogen-bond acceptors (Lipinski definition) is 10. The van der Waals surface area contributed by atoms with Crippen LogP contribution in [0.25, 0.3) is 11.3 Å². The highest BCUT2D eigenvalue weighted by Crippen LogP contribution is 2.69. The summed E-state index contributed by atoms with van der Waals surface area (Å²) in [6.07, 6.45) is -4.27. The summed E-state index contributed by atoms with van der Waals surface area (Å²) >= 11 is 0. The molecule has 4 heterocycles. The van der Waals surface area contributed by atoms with Crippen LogP contribution in [-0.2, 0) is 45.7 Å². The van der Waals surface area contributed by atoms with Gasteiger partial charge in [0, 0.05) is 47.3 Å². The number of benzene rings is 1. The number of ether oxygens (including phenoxy) is 2. The van der Waals surface area contributed by atoms with Crippen molar-refractivity contribution in [2.45, 2.75) is 97.3 Å². The van der Waals surface area contributed by atoms with Gasteiger partial charge in [-0.05, 0) is 31.9 Å². The Labute approximate surface area is 251 Å². The number of hydrogen-bond donors (Lipinski definition) is 0. The van der Waals surface area contributed by atoms with Crippen LogP contribution in [-0.4, -0.2) is 46.3 Å². The van der Waals surface area contributed by atoms with E-state index in [-0.39, 0.29) is 61.2 Å². The molecule has 5 rings (SSSR count). The first-order valence-electron chi connectivity index (χ1n) is 14.3. The molecule has 2 aromatic rings.